The summed E-state index contributed by atoms with van der Waals surface area (Å²) in [4.78, 5) is 16.4. The van der Waals surface area contributed by atoms with Crippen molar-refractivity contribution in [3.8, 4) is 0 Å². The highest BCUT2D eigenvalue weighted by Gasteiger charge is 2.32. The molecular formula is C15H21N3O2S. The Bertz CT molecular complexity index is 641. The minimum Gasteiger partial charge on any atom is -0.394 e. The quantitative estimate of drug-likeness (QED) is 0.925. The predicted octanol–water partition coefficient (Wildman–Crippen LogP) is 2.18. The van der Waals surface area contributed by atoms with Gasteiger partial charge < -0.3 is 10.0 Å². The molecule has 1 aliphatic heterocycles. The number of piperidine rings is 1. The van der Waals surface area contributed by atoms with Gasteiger partial charge in [-0.25, -0.2) is 0 Å². The summed E-state index contributed by atoms with van der Waals surface area (Å²) in [5.74, 6) is 0.395. The smallest absolute Gasteiger partial charge is 0.264 e. The third-order valence-corrected chi connectivity index (χ3v) is 5.66. The Morgan fingerprint density at radius 1 is 1.57 bits per heavy atom. The number of rotatable bonds is 2. The lowest BCUT2D eigenvalue weighted by atomic mass is 9.91. The van der Waals surface area contributed by atoms with Crippen LogP contribution in [0.2, 0.25) is 0 Å². The van der Waals surface area contributed by atoms with Gasteiger partial charge >= 0.3 is 0 Å². The first-order valence-electron chi connectivity index (χ1n) is 7.38. The van der Waals surface area contributed by atoms with Gasteiger partial charge in [-0.2, -0.15) is 5.10 Å². The van der Waals surface area contributed by atoms with Crippen LogP contribution in [0.5, 0.6) is 0 Å². The van der Waals surface area contributed by atoms with E-state index in [1.54, 1.807) is 0 Å². The summed E-state index contributed by atoms with van der Waals surface area (Å²) in [5, 5.41) is 15.0. The van der Waals surface area contributed by atoms with Crippen LogP contribution >= 0.6 is 11.3 Å². The number of amides is 1. The number of aliphatic hydroxyl groups excluding tert-OH is 1. The Kier molecular flexibility index (Phi) is 3.75. The third-order valence-electron chi connectivity index (χ3n) is 4.47. The number of thiophene rings is 1. The Balaban J connectivity index is 1.94. The van der Waals surface area contributed by atoms with Gasteiger partial charge in [0.05, 0.1) is 23.2 Å². The standard InChI is InChI=1S/C15H21N3O2S/c1-9-5-4-6-18(12(9)8-19)14(20)13-7-11-10(2)16-17(3)15(11)21-13/h7,9,12,19H,4-6,8H2,1-3H3. The number of likely N-dealkylation sites (tertiary alicyclic amines) is 1. The van der Waals surface area contributed by atoms with E-state index in [-0.39, 0.29) is 18.6 Å². The molecule has 21 heavy (non-hydrogen) atoms. The maximum absolute atomic E-state index is 12.8. The van der Waals surface area contributed by atoms with Crippen molar-refractivity contribution in [1.82, 2.24) is 14.7 Å². The number of aromatic nitrogens is 2. The van der Waals surface area contributed by atoms with Gasteiger partial charge in [-0.05, 0) is 31.7 Å². The zero-order chi connectivity index (χ0) is 15.1. The van der Waals surface area contributed by atoms with E-state index in [2.05, 4.69) is 12.0 Å². The molecule has 3 rings (SSSR count). The summed E-state index contributed by atoms with van der Waals surface area (Å²) < 4.78 is 1.83. The number of carbonyl (C=O) groups excluding carboxylic acids is 1. The Hall–Kier alpha value is -1.40. The molecule has 1 amide bonds. The summed E-state index contributed by atoms with van der Waals surface area (Å²) >= 11 is 1.49. The second-order valence-electron chi connectivity index (χ2n) is 5.91. The molecule has 0 saturated carbocycles. The molecule has 2 atom stereocenters. The molecule has 5 nitrogen and oxygen atoms in total. The number of aliphatic hydroxyl groups is 1. The van der Waals surface area contributed by atoms with Crippen molar-refractivity contribution in [2.24, 2.45) is 13.0 Å². The van der Waals surface area contributed by atoms with E-state index < -0.39 is 0 Å². The number of aryl methyl sites for hydroxylation is 2. The number of fused-ring (bicyclic) bond motifs is 1. The molecule has 2 unspecified atom stereocenters. The van der Waals surface area contributed by atoms with Crippen molar-refractivity contribution in [3.05, 3.63) is 16.6 Å². The summed E-state index contributed by atoms with van der Waals surface area (Å²) in [6.45, 7) is 4.85. The number of hydrogen-bond donors (Lipinski definition) is 1. The second kappa shape index (κ2) is 5.42. The Labute approximate surface area is 128 Å². The van der Waals surface area contributed by atoms with E-state index in [4.69, 9.17) is 0 Å². The van der Waals surface area contributed by atoms with Crippen molar-refractivity contribution in [3.63, 3.8) is 0 Å². The van der Waals surface area contributed by atoms with Crippen LogP contribution < -0.4 is 0 Å². The van der Waals surface area contributed by atoms with E-state index in [9.17, 15) is 9.90 Å². The number of nitrogens with zero attached hydrogens (tertiary/aromatic N) is 3. The van der Waals surface area contributed by atoms with Crippen LogP contribution in [-0.2, 0) is 7.05 Å². The van der Waals surface area contributed by atoms with E-state index in [0.29, 0.717) is 5.92 Å². The lowest BCUT2D eigenvalue weighted by molar-refractivity contribution is 0.0363. The molecule has 1 aliphatic rings. The molecule has 2 aromatic rings. The SMILES string of the molecule is Cc1nn(C)c2sc(C(=O)N3CCCC(C)C3CO)cc12. The molecule has 114 valence electrons. The van der Waals surface area contributed by atoms with Crippen LogP contribution in [0.1, 0.15) is 35.1 Å². The van der Waals surface area contributed by atoms with E-state index in [1.807, 2.05) is 29.6 Å². The maximum atomic E-state index is 12.8. The van der Waals surface area contributed by atoms with Gasteiger partial charge in [0.2, 0.25) is 0 Å². The average molecular weight is 307 g/mol. The highest BCUT2D eigenvalue weighted by molar-refractivity contribution is 7.20. The summed E-state index contributed by atoms with van der Waals surface area (Å²) in [5.41, 5.74) is 0.952. The normalized spacial score (nSPS) is 23.0. The monoisotopic (exact) mass is 307 g/mol. The Morgan fingerprint density at radius 3 is 3.00 bits per heavy atom. The molecule has 0 aliphatic carbocycles. The molecule has 1 N–H and O–H groups in total. The van der Waals surface area contributed by atoms with Crippen molar-refractivity contribution in [2.75, 3.05) is 13.2 Å². The van der Waals surface area contributed by atoms with Gasteiger partial charge in [0.15, 0.2) is 0 Å². The third kappa shape index (κ3) is 2.36. The van der Waals surface area contributed by atoms with Crippen LogP contribution in [0.3, 0.4) is 0 Å². The summed E-state index contributed by atoms with van der Waals surface area (Å²) in [6.07, 6.45) is 2.08. The molecule has 2 aromatic heterocycles. The first-order valence-corrected chi connectivity index (χ1v) is 8.19. The van der Waals surface area contributed by atoms with Crippen molar-refractivity contribution in [1.29, 1.82) is 0 Å². The zero-order valence-corrected chi connectivity index (χ0v) is 13.5. The van der Waals surface area contributed by atoms with Gasteiger partial charge in [-0.15, -0.1) is 11.3 Å². The van der Waals surface area contributed by atoms with Crippen molar-refractivity contribution in [2.45, 2.75) is 32.7 Å². The van der Waals surface area contributed by atoms with Gasteiger partial charge in [-0.3, -0.25) is 9.48 Å². The fraction of sp³-hybridized carbons (Fsp3) is 0.600. The van der Waals surface area contributed by atoms with Crippen LogP contribution in [0, 0.1) is 12.8 Å². The molecule has 1 saturated heterocycles. The highest BCUT2D eigenvalue weighted by atomic mass is 32.1. The van der Waals surface area contributed by atoms with E-state index in [1.165, 1.54) is 11.3 Å². The largest absolute Gasteiger partial charge is 0.394 e. The molecule has 0 spiro atoms. The van der Waals surface area contributed by atoms with Gasteiger partial charge in [-0.1, -0.05) is 6.92 Å². The topological polar surface area (TPSA) is 58.4 Å². The predicted molar refractivity (Wildman–Crippen MR) is 83.6 cm³/mol. The first-order chi connectivity index (χ1) is 10.0. The fourth-order valence-corrected chi connectivity index (χ4v) is 4.31. The van der Waals surface area contributed by atoms with Gasteiger partial charge in [0.25, 0.3) is 5.91 Å². The highest BCUT2D eigenvalue weighted by Crippen LogP contribution is 2.31. The molecular weight excluding hydrogens is 286 g/mol. The zero-order valence-electron chi connectivity index (χ0n) is 12.7. The van der Waals surface area contributed by atoms with E-state index >= 15 is 0 Å². The summed E-state index contributed by atoms with van der Waals surface area (Å²) in [6, 6.07) is 1.88. The van der Waals surface area contributed by atoms with Gasteiger partial charge in [0.1, 0.15) is 4.83 Å². The van der Waals surface area contributed by atoms with Crippen LogP contribution in [0.25, 0.3) is 10.2 Å². The van der Waals surface area contributed by atoms with Crippen LogP contribution in [-0.4, -0.2) is 44.9 Å². The lowest BCUT2D eigenvalue weighted by Gasteiger charge is -2.38. The van der Waals surface area contributed by atoms with Crippen LogP contribution in [0.4, 0.5) is 0 Å². The van der Waals surface area contributed by atoms with Crippen molar-refractivity contribution < 1.29 is 9.90 Å². The van der Waals surface area contributed by atoms with Crippen LogP contribution in [0.15, 0.2) is 6.07 Å². The minimum atomic E-state index is -0.0596. The molecule has 1 fully saturated rings. The second-order valence-corrected chi connectivity index (χ2v) is 6.94. The Morgan fingerprint density at radius 2 is 2.33 bits per heavy atom. The molecule has 0 bridgehead atoms. The molecule has 6 heteroatoms. The molecule has 0 aromatic carbocycles. The molecule has 3 heterocycles. The van der Waals surface area contributed by atoms with Crippen molar-refractivity contribution >= 4 is 27.5 Å². The average Bonchev–Trinajstić information content (AvgIpc) is 3.00. The minimum absolute atomic E-state index is 0.0401. The van der Waals surface area contributed by atoms with E-state index in [0.717, 1.165) is 40.2 Å². The fourth-order valence-electron chi connectivity index (χ4n) is 3.23. The first kappa shape index (κ1) is 14.5. The lowest BCUT2D eigenvalue weighted by Crippen LogP contribution is -2.49. The maximum Gasteiger partial charge on any atom is 0.264 e. The summed E-state index contributed by atoms with van der Waals surface area (Å²) in [7, 11) is 1.90. The number of carbonyl (C=O) groups is 1. The van der Waals surface area contributed by atoms with Gasteiger partial charge in [0, 0.05) is 19.0 Å². The molecule has 0 radical (unpaired) electrons. The number of hydrogen-bond acceptors (Lipinski definition) is 4.